The van der Waals surface area contributed by atoms with E-state index in [-0.39, 0.29) is 16.4 Å². The average Bonchev–Trinajstić information content (AvgIpc) is 3.31. The molecule has 2 heterocycles. The third-order valence-corrected chi connectivity index (χ3v) is 8.65. The van der Waals surface area contributed by atoms with Crippen molar-refractivity contribution in [2.75, 3.05) is 0 Å². The first-order valence-electron chi connectivity index (χ1n) is 10.1. The van der Waals surface area contributed by atoms with E-state index in [1.165, 1.54) is 0 Å². The summed E-state index contributed by atoms with van der Waals surface area (Å²) in [5.74, 6) is 0.155. The quantitative estimate of drug-likeness (QED) is 0.310. The summed E-state index contributed by atoms with van der Waals surface area (Å²) in [4.78, 5) is 28.2. The van der Waals surface area contributed by atoms with Crippen LogP contribution in [-0.2, 0) is 10.2 Å². The minimum Gasteiger partial charge on any atom is -0.431 e. The van der Waals surface area contributed by atoms with Crippen LogP contribution in [0.15, 0.2) is 46.0 Å². The fourth-order valence-electron chi connectivity index (χ4n) is 5.39. The predicted molar refractivity (Wildman–Crippen MR) is 122 cm³/mol. The lowest BCUT2D eigenvalue weighted by Crippen LogP contribution is -2.42. The number of halogens is 2. The lowest BCUT2D eigenvalue weighted by molar-refractivity contribution is -0.118. The molecule has 5 nitrogen and oxygen atoms in total. The van der Waals surface area contributed by atoms with Crippen LogP contribution in [0, 0.1) is 5.41 Å². The highest BCUT2D eigenvalue weighted by Gasteiger charge is 2.68. The van der Waals surface area contributed by atoms with Gasteiger partial charge in [0.1, 0.15) is 5.52 Å². The van der Waals surface area contributed by atoms with Crippen LogP contribution in [0.4, 0.5) is 0 Å². The van der Waals surface area contributed by atoms with Gasteiger partial charge in [0.15, 0.2) is 5.58 Å². The molecule has 0 spiro atoms. The van der Waals surface area contributed by atoms with Crippen LogP contribution in [0.1, 0.15) is 44.0 Å². The molecule has 2 aromatic carbocycles. The first-order valence-corrected chi connectivity index (χ1v) is 11.6. The van der Waals surface area contributed by atoms with Gasteiger partial charge in [-0.15, -0.1) is 0 Å². The normalized spacial score (nSPS) is 23.5. The Kier molecular flexibility index (Phi) is 4.05. The minimum absolute atomic E-state index is 0.000911. The van der Waals surface area contributed by atoms with Crippen LogP contribution in [0.3, 0.4) is 0 Å². The summed E-state index contributed by atoms with van der Waals surface area (Å²) < 4.78 is 5.82. The van der Waals surface area contributed by atoms with Crippen molar-refractivity contribution in [3.05, 3.63) is 57.8 Å². The van der Waals surface area contributed by atoms with Crippen molar-refractivity contribution < 1.29 is 9.21 Å². The molecule has 0 saturated heterocycles. The topological polar surface area (TPSA) is 68.9 Å². The number of carbonyl (C=O) groups is 1. The summed E-state index contributed by atoms with van der Waals surface area (Å²) in [5, 5.41) is 1.23. The van der Waals surface area contributed by atoms with Crippen LogP contribution in [-0.4, -0.2) is 20.1 Å². The molecule has 1 saturated carbocycles. The molecule has 4 aromatic rings. The summed E-state index contributed by atoms with van der Waals surface area (Å²) in [6.45, 7) is 4.28. The zero-order valence-corrected chi connectivity index (χ0v) is 19.1. The number of fused-ring (bicyclic) bond motifs is 7. The van der Waals surface area contributed by atoms with E-state index in [0.717, 1.165) is 41.5 Å². The Morgan fingerprint density at radius 2 is 1.77 bits per heavy atom. The minimum atomic E-state index is -0.758. The van der Waals surface area contributed by atoms with Gasteiger partial charge in [0.05, 0.1) is 37.9 Å². The second kappa shape index (κ2) is 6.44. The Balaban J connectivity index is 1.49. The zero-order chi connectivity index (χ0) is 21.5. The van der Waals surface area contributed by atoms with Gasteiger partial charge in [0, 0.05) is 17.7 Å². The number of nitrogens with zero attached hydrogens (tertiary/aromatic N) is 3. The van der Waals surface area contributed by atoms with Gasteiger partial charge < -0.3 is 4.42 Å². The van der Waals surface area contributed by atoms with Gasteiger partial charge in [-0.3, -0.25) is 4.79 Å². The molecule has 2 aromatic heterocycles. The van der Waals surface area contributed by atoms with Gasteiger partial charge >= 0.3 is 0 Å². The summed E-state index contributed by atoms with van der Waals surface area (Å²) >= 11 is 13.5. The molecule has 0 amide bonds. The smallest absolute Gasteiger partial charge is 0.264 e. The fourth-order valence-corrected chi connectivity index (χ4v) is 6.77. The summed E-state index contributed by atoms with van der Waals surface area (Å²) in [5.41, 5.74) is 3.33. The first-order chi connectivity index (χ1) is 14.8. The molecule has 0 N–H and O–H groups in total. The van der Waals surface area contributed by atoms with Gasteiger partial charge in [0.25, 0.3) is 5.22 Å². The highest BCUT2D eigenvalue weighted by atomic mass is 35.5. The van der Waals surface area contributed by atoms with Crippen molar-refractivity contribution >= 4 is 62.2 Å². The van der Waals surface area contributed by atoms with Crippen LogP contribution < -0.4 is 0 Å². The molecule has 1 fully saturated rings. The standard InChI is InChI=1S/C23H17Cl2N3O2S/c1-22(2)11-7-8-23(22,20(29)31-21-28-14-5-3-4-6-17(14)30-21)19-18(11)26-15-9-12(24)13(25)10-16(15)27-19/h3-6,9-11H,7-8H2,1-2H3. The molecular formula is C23H17Cl2N3O2S. The van der Waals surface area contributed by atoms with Crippen molar-refractivity contribution in [3.63, 3.8) is 0 Å². The van der Waals surface area contributed by atoms with Crippen molar-refractivity contribution in [1.82, 2.24) is 15.0 Å². The molecular weight excluding hydrogens is 453 g/mol. The maximum absolute atomic E-state index is 13.9. The molecule has 0 aliphatic heterocycles. The number of aromatic nitrogens is 3. The van der Waals surface area contributed by atoms with Crippen molar-refractivity contribution in [2.45, 2.75) is 43.2 Å². The zero-order valence-electron chi connectivity index (χ0n) is 16.8. The van der Waals surface area contributed by atoms with Crippen LogP contribution in [0.2, 0.25) is 10.0 Å². The molecule has 2 atom stereocenters. The lowest BCUT2D eigenvalue weighted by Gasteiger charge is -2.35. The van der Waals surface area contributed by atoms with Gasteiger partial charge in [-0.25, -0.2) is 15.0 Å². The number of para-hydroxylation sites is 2. The Labute approximate surface area is 192 Å². The van der Waals surface area contributed by atoms with Crippen LogP contribution in [0.5, 0.6) is 0 Å². The molecule has 6 rings (SSSR count). The number of rotatable bonds is 2. The van der Waals surface area contributed by atoms with Crippen LogP contribution >= 0.6 is 35.0 Å². The molecule has 2 unspecified atom stereocenters. The Morgan fingerprint density at radius 3 is 2.52 bits per heavy atom. The van der Waals surface area contributed by atoms with Gasteiger partial charge in [-0.2, -0.15) is 0 Å². The molecule has 31 heavy (non-hydrogen) atoms. The average molecular weight is 470 g/mol. The van der Waals surface area contributed by atoms with E-state index in [0.29, 0.717) is 31.9 Å². The Morgan fingerprint density at radius 1 is 1.06 bits per heavy atom. The maximum atomic E-state index is 13.9. The van der Waals surface area contributed by atoms with Crippen molar-refractivity contribution in [2.24, 2.45) is 5.41 Å². The highest BCUT2D eigenvalue weighted by molar-refractivity contribution is 8.13. The molecule has 2 aliphatic carbocycles. The molecule has 156 valence electrons. The third kappa shape index (κ3) is 2.53. The SMILES string of the molecule is CC1(C)C2CCC1(C(=O)Sc1nc3ccccc3o1)c1nc3cc(Cl)c(Cl)cc3nc12. The number of carbonyl (C=O) groups excluding carboxylic acids is 1. The number of benzene rings is 2. The van der Waals surface area contributed by atoms with E-state index >= 15 is 0 Å². The van der Waals surface area contributed by atoms with E-state index in [2.05, 4.69) is 18.8 Å². The number of hydrogen-bond donors (Lipinski definition) is 0. The maximum Gasteiger partial charge on any atom is 0.264 e. The second-order valence-electron chi connectivity index (χ2n) is 8.77. The molecule has 8 heteroatoms. The van der Waals surface area contributed by atoms with Gasteiger partial charge in [-0.1, -0.05) is 49.2 Å². The highest BCUT2D eigenvalue weighted by Crippen LogP contribution is 2.68. The predicted octanol–water partition coefficient (Wildman–Crippen LogP) is 6.55. The van der Waals surface area contributed by atoms with E-state index in [4.69, 9.17) is 37.6 Å². The number of hydrogen-bond acceptors (Lipinski definition) is 6. The largest absolute Gasteiger partial charge is 0.431 e. The van der Waals surface area contributed by atoms with E-state index in [1.807, 2.05) is 24.3 Å². The van der Waals surface area contributed by atoms with E-state index in [1.54, 1.807) is 12.1 Å². The van der Waals surface area contributed by atoms with Crippen molar-refractivity contribution in [3.8, 4) is 0 Å². The van der Waals surface area contributed by atoms with E-state index < -0.39 is 5.41 Å². The van der Waals surface area contributed by atoms with Gasteiger partial charge in [-0.05, 0) is 42.5 Å². The monoisotopic (exact) mass is 469 g/mol. The fraction of sp³-hybridized carbons (Fsp3) is 0.304. The van der Waals surface area contributed by atoms with Gasteiger partial charge in [0.2, 0.25) is 5.12 Å². The summed E-state index contributed by atoms with van der Waals surface area (Å²) in [7, 11) is 0. The molecule has 0 radical (unpaired) electrons. The first kappa shape index (κ1) is 19.5. The summed E-state index contributed by atoms with van der Waals surface area (Å²) in [6.07, 6.45) is 1.62. The van der Waals surface area contributed by atoms with E-state index in [9.17, 15) is 4.79 Å². The third-order valence-electron chi connectivity index (χ3n) is 7.05. The second-order valence-corrected chi connectivity index (χ2v) is 10.5. The Bertz CT molecular complexity index is 1380. The Hall–Kier alpha value is -2.15. The lowest BCUT2D eigenvalue weighted by atomic mass is 9.69. The van der Waals surface area contributed by atoms with Crippen molar-refractivity contribution in [1.29, 1.82) is 0 Å². The number of oxazole rings is 1. The molecule has 2 aliphatic rings. The number of thioether (sulfide) groups is 1. The van der Waals surface area contributed by atoms with Crippen LogP contribution in [0.25, 0.3) is 22.1 Å². The summed E-state index contributed by atoms with van der Waals surface area (Å²) in [6, 6.07) is 11.0. The molecule has 2 bridgehead atoms.